The van der Waals surface area contributed by atoms with Crippen molar-refractivity contribution in [3.8, 4) is 0 Å². The molecule has 1 aliphatic carbocycles. The first-order chi connectivity index (χ1) is 8.29. The average molecular weight is 272 g/mol. The Balaban J connectivity index is 2.74. The van der Waals surface area contributed by atoms with E-state index in [-0.39, 0.29) is 23.3 Å². The van der Waals surface area contributed by atoms with Crippen LogP contribution in [0.5, 0.6) is 0 Å². The van der Waals surface area contributed by atoms with Crippen molar-refractivity contribution in [3.05, 3.63) is 29.6 Å². The van der Waals surface area contributed by atoms with Gasteiger partial charge in [0.1, 0.15) is 5.82 Å². The predicted octanol–water partition coefficient (Wildman–Crippen LogP) is 1.74. The van der Waals surface area contributed by atoms with Crippen LogP contribution in [0.1, 0.15) is 24.8 Å². The zero-order chi connectivity index (χ0) is 13.6. The van der Waals surface area contributed by atoms with E-state index in [1.807, 2.05) is 0 Å². The molecule has 0 aliphatic heterocycles. The SMILES string of the molecule is CS(=O)(=O)c1cccc(F)c1C1(C(=O)O)CCC1. The second-order valence-corrected chi connectivity index (χ2v) is 6.61. The number of aliphatic carboxylic acids is 1. The highest BCUT2D eigenvalue weighted by molar-refractivity contribution is 7.90. The second kappa shape index (κ2) is 4.05. The van der Waals surface area contributed by atoms with Crippen molar-refractivity contribution < 1.29 is 22.7 Å². The molecule has 0 unspecified atom stereocenters. The molecule has 0 heterocycles. The van der Waals surface area contributed by atoms with Gasteiger partial charge in [0.15, 0.2) is 9.84 Å². The maximum atomic E-state index is 13.9. The van der Waals surface area contributed by atoms with Crippen molar-refractivity contribution in [2.24, 2.45) is 0 Å². The summed E-state index contributed by atoms with van der Waals surface area (Å²) in [5.74, 6) is -1.93. The van der Waals surface area contributed by atoms with Gasteiger partial charge in [-0.1, -0.05) is 12.5 Å². The standard InChI is InChI=1S/C12H13FO4S/c1-18(16,17)9-5-2-4-8(13)10(9)12(11(14)15)6-3-7-12/h2,4-5H,3,6-7H2,1H3,(H,14,15). The highest BCUT2D eigenvalue weighted by Gasteiger charge is 2.49. The molecule has 1 fully saturated rings. The molecule has 0 atom stereocenters. The summed E-state index contributed by atoms with van der Waals surface area (Å²) in [7, 11) is -3.65. The van der Waals surface area contributed by atoms with Crippen molar-refractivity contribution in [1.29, 1.82) is 0 Å². The Bertz CT molecular complexity index is 603. The number of carboxylic acids is 1. The number of halogens is 1. The van der Waals surface area contributed by atoms with Crippen LogP contribution < -0.4 is 0 Å². The molecule has 1 aliphatic rings. The summed E-state index contributed by atoms with van der Waals surface area (Å²) in [5.41, 5.74) is -1.57. The molecule has 1 aromatic carbocycles. The van der Waals surface area contributed by atoms with Crippen molar-refractivity contribution in [2.45, 2.75) is 29.6 Å². The monoisotopic (exact) mass is 272 g/mol. The van der Waals surface area contributed by atoms with Crippen LogP contribution in [-0.2, 0) is 20.0 Å². The molecular weight excluding hydrogens is 259 g/mol. The van der Waals surface area contributed by atoms with Crippen molar-refractivity contribution in [1.82, 2.24) is 0 Å². The van der Waals surface area contributed by atoms with Crippen LogP contribution in [-0.4, -0.2) is 25.7 Å². The minimum atomic E-state index is -3.65. The molecule has 4 nitrogen and oxygen atoms in total. The molecule has 0 aromatic heterocycles. The third-order valence-corrected chi connectivity index (χ3v) is 4.61. The number of hydrogen-bond donors (Lipinski definition) is 1. The molecule has 0 saturated heterocycles. The molecule has 1 aromatic rings. The molecule has 18 heavy (non-hydrogen) atoms. The number of carbonyl (C=O) groups is 1. The van der Waals surface area contributed by atoms with E-state index < -0.39 is 27.0 Å². The fourth-order valence-corrected chi connectivity index (χ4v) is 3.37. The van der Waals surface area contributed by atoms with Crippen LogP contribution in [0.25, 0.3) is 0 Å². The molecule has 0 amide bonds. The number of rotatable bonds is 3. The molecule has 0 radical (unpaired) electrons. The van der Waals surface area contributed by atoms with Crippen LogP contribution in [0.4, 0.5) is 4.39 Å². The molecule has 2 rings (SSSR count). The van der Waals surface area contributed by atoms with Crippen molar-refractivity contribution in [2.75, 3.05) is 6.26 Å². The van der Waals surface area contributed by atoms with Gasteiger partial charge < -0.3 is 5.11 Å². The maximum Gasteiger partial charge on any atom is 0.314 e. The molecule has 1 N–H and O–H groups in total. The van der Waals surface area contributed by atoms with Gasteiger partial charge in [0.25, 0.3) is 0 Å². The first-order valence-corrected chi connectivity index (χ1v) is 7.40. The molecule has 98 valence electrons. The van der Waals surface area contributed by atoms with Crippen LogP contribution in [0.2, 0.25) is 0 Å². The molecular formula is C12H13FO4S. The minimum absolute atomic E-state index is 0.189. The van der Waals surface area contributed by atoms with E-state index in [9.17, 15) is 22.7 Å². The zero-order valence-corrected chi connectivity index (χ0v) is 10.6. The van der Waals surface area contributed by atoms with Gasteiger partial charge >= 0.3 is 5.97 Å². The van der Waals surface area contributed by atoms with Crippen LogP contribution >= 0.6 is 0 Å². The summed E-state index contributed by atoms with van der Waals surface area (Å²) < 4.78 is 37.2. The van der Waals surface area contributed by atoms with Crippen LogP contribution in [0.3, 0.4) is 0 Å². The third-order valence-electron chi connectivity index (χ3n) is 3.47. The summed E-state index contributed by atoms with van der Waals surface area (Å²) in [4.78, 5) is 11.2. The van der Waals surface area contributed by atoms with E-state index in [1.54, 1.807) is 0 Å². The average Bonchev–Trinajstić information content (AvgIpc) is 2.16. The van der Waals surface area contributed by atoms with Gasteiger partial charge in [-0.2, -0.15) is 0 Å². The van der Waals surface area contributed by atoms with Gasteiger partial charge in [0.2, 0.25) is 0 Å². The Kier molecular flexibility index (Phi) is 2.93. The zero-order valence-electron chi connectivity index (χ0n) is 9.81. The van der Waals surface area contributed by atoms with E-state index in [2.05, 4.69) is 0 Å². The molecule has 0 spiro atoms. The Labute approximate surface area is 104 Å². The van der Waals surface area contributed by atoms with Crippen LogP contribution in [0.15, 0.2) is 23.1 Å². The van der Waals surface area contributed by atoms with Crippen molar-refractivity contribution >= 4 is 15.8 Å². The Morgan fingerprint density at radius 1 is 1.39 bits per heavy atom. The predicted molar refractivity (Wildman–Crippen MR) is 62.7 cm³/mol. The quantitative estimate of drug-likeness (QED) is 0.909. The lowest BCUT2D eigenvalue weighted by atomic mass is 9.64. The number of benzene rings is 1. The summed E-state index contributed by atoms with van der Waals surface area (Å²) in [6.07, 6.45) is 2.15. The van der Waals surface area contributed by atoms with Gasteiger partial charge in [-0.3, -0.25) is 4.79 Å². The number of carboxylic acid groups (broad SMARTS) is 1. The topological polar surface area (TPSA) is 71.4 Å². The fraction of sp³-hybridized carbons (Fsp3) is 0.417. The van der Waals surface area contributed by atoms with Crippen molar-refractivity contribution in [3.63, 3.8) is 0 Å². The van der Waals surface area contributed by atoms with Gasteiger partial charge in [-0.25, -0.2) is 12.8 Å². The summed E-state index contributed by atoms with van der Waals surface area (Å²) in [6.45, 7) is 0. The normalized spacial score (nSPS) is 18.1. The van der Waals surface area contributed by atoms with E-state index in [4.69, 9.17) is 0 Å². The molecule has 6 heteroatoms. The van der Waals surface area contributed by atoms with Gasteiger partial charge in [-0.05, 0) is 25.0 Å². The van der Waals surface area contributed by atoms with Gasteiger partial charge in [-0.15, -0.1) is 0 Å². The fourth-order valence-electron chi connectivity index (χ4n) is 2.38. The lowest BCUT2D eigenvalue weighted by molar-refractivity contribution is -0.147. The smallest absolute Gasteiger partial charge is 0.314 e. The molecule has 1 saturated carbocycles. The minimum Gasteiger partial charge on any atom is -0.481 e. The van der Waals surface area contributed by atoms with E-state index in [0.29, 0.717) is 6.42 Å². The first kappa shape index (κ1) is 13.0. The van der Waals surface area contributed by atoms with E-state index >= 15 is 0 Å². The second-order valence-electron chi connectivity index (χ2n) is 4.63. The Morgan fingerprint density at radius 3 is 2.39 bits per heavy atom. The summed E-state index contributed by atoms with van der Waals surface area (Å²) in [6, 6.07) is 3.65. The Hall–Kier alpha value is -1.43. The third kappa shape index (κ3) is 1.80. The maximum absolute atomic E-state index is 13.9. The van der Waals surface area contributed by atoms with Gasteiger partial charge in [0, 0.05) is 11.8 Å². The largest absolute Gasteiger partial charge is 0.481 e. The van der Waals surface area contributed by atoms with E-state index in [1.165, 1.54) is 12.1 Å². The number of sulfone groups is 1. The molecule has 0 bridgehead atoms. The summed E-state index contributed by atoms with van der Waals surface area (Å²) in [5, 5.41) is 9.29. The van der Waals surface area contributed by atoms with Gasteiger partial charge in [0.05, 0.1) is 10.3 Å². The Morgan fingerprint density at radius 2 is 2.00 bits per heavy atom. The summed E-state index contributed by atoms with van der Waals surface area (Å²) >= 11 is 0. The van der Waals surface area contributed by atoms with E-state index in [0.717, 1.165) is 12.3 Å². The highest BCUT2D eigenvalue weighted by Crippen LogP contribution is 2.47. The van der Waals surface area contributed by atoms with Crippen LogP contribution in [0, 0.1) is 5.82 Å². The number of hydrogen-bond acceptors (Lipinski definition) is 3. The lowest BCUT2D eigenvalue weighted by Gasteiger charge is -2.39. The lowest BCUT2D eigenvalue weighted by Crippen LogP contribution is -2.44. The highest BCUT2D eigenvalue weighted by atomic mass is 32.2. The first-order valence-electron chi connectivity index (χ1n) is 5.51.